The molecule has 1 nitrogen and oxygen atoms in total. The van der Waals surface area contributed by atoms with Gasteiger partial charge in [0.15, 0.2) is 0 Å². The van der Waals surface area contributed by atoms with Gasteiger partial charge in [-0.1, -0.05) is 23.8 Å². The monoisotopic (exact) mass is 283 g/mol. The number of benzene rings is 1. The van der Waals surface area contributed by atoms with E-state index in [1.807, 2.05) is 0 Å². The SMILES string of the molecule is FC(F)(F)c1cc(Cl)cc(NC/C=C/CCl)c1. The van der Waals surface area contributed by atoms with Crippen LogP contribution in [0.1, 0.15) is 5.56 Å². The summed E-state index contributed by atoms with van der Waals surface area (Å²) in [6.07, 6.45) is -0.974. The van der Waals surface area contributed by atoms with Crippen LogP contribution in [0.15, 0.2) is 30.4 Å². The fourth-order valence-corrected chi connectivity index (χ4v) is 1.54. The molecule has 6 heteroatoms. The number of hydrogen-bond donors (Lipinski definition) is 1. The smallest absolute Gasteiger partial charge is 0.382 e. The lowest BCUT2D eigenvalue weighted by Crippen LogP contribution is -2.06. The molecule has 0 atom stereocenters. The maximum Gasteiger partial charge on any atom is 0.416 e. The Morgan fingerprint density at radius 1 is 1.18 bits per heavy atom. The lowest BCUT2D eigenvalue weighted by molar-refractivity contribution is -0.137. The quantitative estimate of drug-likeness (QED) is 0.631. The molecule has 0 spiro atoms. The summed E-state index contributed by atoms with van der Waals surface area (Å²) in [5.74, 6) is 0.366. The number of anilines is 1. The van der Waals surface area contributed by atoms with Crippen LogP contribution >= 0.6 is 23.2 Å². The average Bonchev–Trinajstić information content (AvgIpc) is 2.22. The van der Waals surface area contributed by atoms with Gasteiger partial charge < -0.3 is 5.32 Å². The first-order valence-corrected chi connectivity index (χ1v) is 5.67. The van der Waals surface area contributed by atoms with Gasteiger partial charge in [0, 0.05) is 23.1 Å². The van der Waals surface area contributed by atoms with Crippen molar-refractivity contribution in [3.63, 3.8) is 0 Å². The van der Waals surface area contributed by atoms with Crippen molar-refractivity contribution in [1.82, 2.24) is 0 Å². The number of halogens is 5. The van der Waals surface area contributed by atoms with Crippen LogP contribution in [0.4, 0.5) is 18.9 Å². The summed E-state index contributed by atoms with van der Waals surface area (Å²) in [6.45, 7) is 0.393. The summed E-state index contributed by atoms with van der Waals surface area (Å²) < 4.78 is 37.4. The molecule has 1 N–H and O–H groups in total. The summed E-state index contributed by atoms with van der Waals surface area (Å²) in [6, 6.07) is 3.34. The highest BCUT2D eigenvalue weighted by molar-refractivity contribution is 6.30. The molecule has 0 radical (unpaired) electrons. The van der Waals surface area contributed by atoms with Gasteiger partial charge in [-0.15, -0.1) is 11.6 Å². The van der Waals surface area contributed by atoms with Crippen LogP contribution in [0.3, 0.4) is 0 Å². The Morgan fingerprint density at radius 3 is 2.47 bits per heavy atom. The van der Waals surface area contributed by atoms with E-state index in [1.165, 1.54) is 6.07 Å². The molecule has 0 aliphatic carbocycles. The van der Waals surface area contributed by atoms with E-state index in [-0.39, 0.29) is 5.02 Å². The molecule has 0 bridgehead atoms. The van der Waals surface area contributed by atoms with Gasteiger partial charge in [0.05, 0.1) is 5.56 Å². The van der Waals surface area contributed by atoms with Crippen molar-refractivity contribution in [2.45, 2.75) is 6.18 Å². The molecule has 1 aromatic rings. The Kier molecular flexibility index (Phi) is 5.15. The van der Waals surface area contributed by atoms with E-state index in [4.69, 9.17) is 23.2 Å². The molecule has 0 aromatic heterocycles. The number of rotatable bonds is 4. The molecule has 0 saturated carbocycles. The fourth-order valence-electron chi connectivity index (χ4n) is 1.18. The lowest BCUT2D eigenvalue weighted by atomic mass is 10.2. The highest BCUT2D eigenvalue weighted by Gasteiger charge is 2.31. The van der Waals surface area contributed by atoms with Crippen molar-refractivity contribution in [2.75, 3.05) is 17.7 Å². The number of hydrogen-bond acceptors (Lipinski definition) is 1. The van der Waals surface area contributed by atoms with E-state index in [9.17, 15) is 13.2 Å². The molecule has 0 aliphatic heterocycles. The van der Waals surface area contributed by atoms with Crippen LogP contribution < -0.4 is 5.32 Å². The first-order chi connectivity index (χ1) is 7.93. The zero-order chi connectivity index (χ0) is 12.9. The predicted octanol–water partition coefficient (Wildman–Crippen LogP) is 4.57. The molecule has 0 unspecified atom stereocenters. The normalized spacial score (nSPS) is 12.1. The van der Waals surface area contributed by atoms with Crippen molar-refractivity contribution in [1.29, 1.82) is 0 Å². The summed E-state index contributed by atoms with van der Waals surface area (Å²) in [5, 5.41) is 2.85. The highest BCUT2D eigenvalue weighted by Crippen LogP contribution is 2.33. The van der Waals surface area contributed by atoms with Gasteiger partial charge in [0.1, 0.15) is 0 Å². The number of alkyl halides is 4. The summed E-state index contributed by atoms with van der Waals surface area (Å²) in [4.78, 5) is 0. The van der Waals surface area contributed by atoms with E-state index in [0.717, 1.165) is 12.1 Å². The van der Waals surface area contributed by atoms with Crippen LogP contribution in [0.5, 0.6) is 0 Å². The molecule has 94 valence electrons. The maximum absolute atomic E-state index is 12.5. The summed E-state index contributed by atoms with van der Waals surface area (Å²) >= 11 is 11.0. The van der Waals surface area contributed by atoms with E-state index in [0.29, 0.717) is 18.1 Å². The molecule has 0 aliphatic rings. The van der Waals surface area contributed by atoms with Gasteiger partial charge in [-0.05, 0) is 18.2 Å². The zero-order valence-electron chi connectivity index (χ0n) is 8.69. The molecule has 1 rings (SSSR count). The minimum atomic E-state index is -4.40. The van der Waals surface area contributed by atoms with Crippen molar-refractivity contribution < 1.29 is 13.2 Å². The number of nitrogens with one attached hydrogen (secondary N) is 1. The molecule has 0 saturated heterocycles. The molecule has 0 heterocycles. The maximum atomic E-state index is 12.5. The first-order valence-electron chi connectivity index (χ1n) is 4.76. The second-order valence-electron chi connectivity index (χ2n) is 3.23. The molecular weight excluding hydrogens is 274 g/mol. The van der Waals surface area contributed by atoms with E-state index < -0.39 is 11.7 Å². The Morgan fingerprint density at radius 2 is 1.88 bits per heavy atom. The second kappa shape index (κ2) is 6.17. The van der Waals surface area contributed by atoms with Gasteiger partial charge in [-0.2, -0.15) is 13.2 Å². The van der Waals surface area contributed by atoms with Crippen LogP contribution in [0.25, 0.3) is 0 Å². The standard InChI is InChI=1S/C11H10Cl2F3N/c12-3-1-2-4-17-10-6-8(11(14,15)16)5-9(13)7-10/h1-2,5-7,17H,3-4H2/b2-1+. The van der Waals surface area contributed by atoms with Gasteiger partial charge in [-0.3, -0.25) is 0 Å². The topological polar surface area (TPSA) is 12.0 Å². The minimum absolute atomic E-state index is 0.0450. The van der Waals surface area contributed by atoms with Crippen LogP contribution in [0, 0.1) is 0 Å². The number of allylic oxidation sites excluding steroid dienone is 1. The van der Waals surface area contributed by atoms with Crippen molar-refractivity contribution in [3.8, 4) is 0 Å². The Hall–Kier alpha value is -0.870. The average molecular weight is 284 g/mol. The third-order valence-corrected chi connectivity index (χ3v) is 2.30. The van der Waals surface area contributed by atoms with Gasteiger partial charge in [-0.25, -0.2) is 0 Å². The first kappa shape index (κ1) is 14.2. The Bertz CT molecular complexity index is 402. The molecule has 1 aromatic carbocycles. The molecular formula is C11H10Cl2F3N. The minimum Gasteiger partial charge on any atom is -0.382 e. The Labute approximate surface area is 107 Å². The van der Waals surface area contributed by atoms with E-state index in [2.05, 4.69) is 5.32 Å². The predicted molar refractivity (Wildman–Crippen MR) is 64.8 cm³/mol. The van der Waals surface area contributed by atoms with Crippen LogP contribution in [-0.4, -0.2) is 12.4 Å². The molecule has 17 heavy (non-hydrogen) atoms. The molecule has 0 fully saturated rings. The third-order valence-electron chi connectivity index (χ3n) is 1.90. The van der Waals surface area contributed by atoms with Crippen LogP contribution in [-0.2, 0) is 6.18 Å². The van der Waals surface area contributed by atoms with Gasteiger partial charge >= 0.3 is 6.18 Å². The summed E-state index contributed by atoms with van der Waals surface area (Å²) in [5.41, 5.74) is -0.446. The van der Waals surface area contributed by atoms with Crippen molar-refractivity contribution in [3.05, 3.63) is 40.9 Å². The van der Waals surface area contributed by atoms with Gasteiger partial charge in [0.2, 0.25) is 0 Å². The largest absolute Gasteiger partial charge is 0.416 e. The second-order valence-corrected chi connectivity index (χ2v) is 3.98. The van der Waals surface area contributed by atoms with Crippen molar-refractivity contribution >= 4 is 28.9 Å². The highest BCUT2D eigenvalue weighted by atomic mass is 35.5. The van der Waals surface area contributed by atoms with Gasteiger partial charge in [0.25, 0.3) is 0 Å². The van der Waals surface area contributed by atoms with Crippen LogP contribution in [0.2, 0.25) is 5.02 Å². The Balaban J connectivity index is 2.79. The zero-order valence-corrected chi connectivity index (χ0v) is 10.2. The fraction of sp³-hybridized carbons (Fsp3) is 0.273. The summed E-state index contributed by atoms with van der Waals surface area (Å²) in [7, 11) is 0. The van der Waals surface area contributed by atoms with E-state index >= 15 is 0 Å². The lowest BCUT2D eigenvalue weighted by Gasteiger charge is -2.10. The van der Waals surface area contributed by atoms with E-state index in [1.54, 1.807) is 12.2 Å². The van der Waals surface area contributed by atoms with Crippen molar-refractivity contribution in [2.24, 2.45) is 0 Å². The molecule has 0 amide bonds. The third kappa shape index (κ3) is 4.88.